The van der Waals surface area contributed by atoms with Gasteiger partial charge in [0.05, 0.1) is 0 Å². The predicted molar refractivity (Wildman–Crippen MR) is 22.0 cm³/mol. The molecule has 0 aromatic rings. The van der Waals surface area contributed by atoms with E-state index in [1.807, 2.05) is 0 Å². The molecular formula is C4H9LiO2. The Morgan fingerprint density at radius 2 is 1.43 bits per heavy atom. The standard InChI is InChI=1S/C4H8O.Li.H2O/c1-2-4-5-3-1;;/h1-4H2;;1H2/q;+1;/p-1. The summed E-state index contributed by atoms with van der Waals surface area (Å²) in [6.45, 7) is 2.00. The zero-order valence-corrected chi connectivity index (χ0v) is 4.68. The van der Waals surface area contributed by atoms with Crippen molar-refractivity contribution in [1.82, 2.24) is 0 Å². The van der Waals surface area contributed by atoms with E-state index in [1.54, 1.807) is 0 Å². The van der Waals surface area contributed by atoms with Crippen molar-refractivity contribution in [3.8, 4) is 0 Å². The molecule has 0 amide bonds. The van der Waals surface area contributed by atoms with E-state index in [1.165, 1.54) is 12.8 Å². The van der Waals surface area contributed by atoms with Crippen molar-refractivity contribution in [2.75, 3.05) is 13.2 Å². The van der Waals surface area contributed by atoms with E-state index in [0.29, 0.717) is 0 Å². The Morgan fingerprint density at radius 1 is 1.00 bits per heavy atom. The monoisotopic (exact) mass is 96.1 g/mol. The van der Waals surface area contributed by atoms with Gasteiger partial charge in [-0.05, 0) is 12.8 Å². The topological polar surface area (TPSA) is 39.2 Å². The Balaban J connectivity index is 0. The quantitative estimate of drug-likeness (QED) is 0.316. The summed E-state index contributed by atoms with van der Waals surface area (Å²) in [6, 6.07) is 0. The zero-order valence-electron chi connectivity index (χ0n) is 4.68. The first-order chi connectivity index (χ1) is 2.50. The number of hydrogen-bond donors (Lipinski definition) is 0. The average molecular weight is 96.1 g/mol. The Kier molecular flexibility index (Phi) is 9.77. The van der Waals surface area contributed by atoms with Gasteiger partial charge in [0.2, 0.25) is 0 Å². The van der Waals surface area contributed by atoms with Gasteiger partial charge in [0.1, 0.15) is 0 Å². The molecule has 1 aliphatic rings. The summed E-state index contributed by atoms with van der Waals surface area (Å²) in [5.74, 6) is 0. The molecular weight excluding hydrogens is 87.0 g/mol. The number of hydrogen-bond acceptors (Lipinski definition) is 2. The third-order valence-corrected chi connectivity index (χ3v) is 0.827. The van der Waals surface area contributed by atoms with E-state index < -0.39 is 0 Å². The number of rotatable bonds is 0. The maximum absolute atomic E-state index is 4.94. The molecule has 1 fully saturated rings. The van der Waals surface area contributed by atoms with E-state index in [2.05, 4.69) is 0 Å². The minimum Gasteiger partial charge on any atom is -0.870 e. The molecule has 0 radical (unpaired) electrons. The third kappa shape index (κ3) is 4.37. The zero-order chi connectivity index (χ0) is 3.54. The summed E-state index contributed by atoms with van der Waals surface area (Å²) in [4.78, 5) is 0. The van der Waals surface area contributed by atoms with Crippen LogP contribution in [0.3, 0.4) is 0 Å². The van der Waals surface area contributed by atoms with Crippen LogP contribution in [0, 0.1) is 0 Å². The van der Waals surface area contributed by atoms with Gasteiger partial charge < -0.3 is 10.2 Å². The fourth-order valence-corrected chi connectivity index (χ4v) is 0.510. The second-order valence-corrected chi connectivity index (χ2v) is 1.32. The van der Waals surface area contributed by atoms with Gasteiger partial charge in [-0.3, -0.25) is 0 Å². The van der Waals surface area contributed by atoms with Crippen molar-refractivity contribution in [3.05, 3.63) is 0 Å². The van der Waals surface area contributed by atoms with Gasteiger partial charge in [-0.2, -0.15) is 0 Å². The van der Waals surface area contributed by atoms with Crippen molar-refractivity contribution in [1.29, 1.82) is 0 Å². The molecule has 0 spiro atoms. The first-order valence-corrected chi connectivity index (χ1v) is 2.08. The van der Waals surface area contributed by atoms with Gasteiger partial charge in [0, 0.05) is 13.2 Å². The minimum atomic E-state index is 0. The average Bonchev–Trinajstić information content (AvgIpc) is 1.76. The van der Waals surface area contributed by atoms with E-state index >= 15 is 0 Å². The summed E-state index contributed by atoms with van der Waals surface area (Å²) in [5, 5.41) is 0. The fourth-order valence-electron chi connectivity index (χ4n) is 0.510. The first-order valence-electron chi connectivity index (χ1n) is 2.08. The molecule has 7 heavy (non-hydrogen) atoms. The van der Waals surface area contributed by atoms with Crippen LogP contribution in [0.25, 0.3) is 0 Å². The van der Waals surface area contributed by atoms with E-state index in [0.717, 1.165) is 13.2 Å². The van der Waals surface area contributed by atoms with Crippen LogP contribution in [0.4, 0.5) is 0 Å². The first kappa shape index (κ1) is 10.5. The molecule has 2 nitrogen and oxygen atoms in total. The molecule has 1 N–H and O–H groups in total. The van der Waals surface area contributed by atoms with Crippen LogP contribution in [0.15, 0.2) is 0 Å². The van der Waals surface area contributed by atoms with Gasteiger partial charge in [-0.1, -0.05) is 0 Å². The van der Waals surface area contributed by atoms with Crippen LogP contribution >= 0.6 is 0 Å². The molecule has 0 aromatic heterocycles. The Morgan fingerprint density at radius 3 is 1.57 bits per heavy atom. The maximum Gasteiger partial charge on any atom is 1.00 e. The summed E-state index contributed by atoms with van der Waals surface area (Å²) in [5.41, 5.74) is 0. The van der Waals surface area contributed by atoms with E-state index in [-0.39, 0.29) is 24.3 Å². The smallest absolute Gasteiger partial charge is 0.870 e. The molecule has 0 atom stereocenters. The van der Waals surface area contributed by atoms with Crippen molar-refractivity contribution in [2.45, 2.75) is 12.8 Å². The molecule has 0 aromatic carbocycles. The van der Waals surface area contributed by atoms with Gasteiger partial charge in [0.25, 0.3) is 0 Å². The summed E-state index contributed by atoms with van der Waals surface area (Å²) >= 11 is 0. The Hall–Kier alpha value is 0.517. The van der Waals surface area contributed by atoms with E-state index in [4.69, 9.17) is 4.74 Å². The Labute approximate surface area is 55.7 Å². The molecule has 38 valence electrons. The summed E-state index contributed by atoms with van der Waals surface area (Å²) in [7, 11) is 0. The largest absolute Gasteiger partial charge is 1.00 e. The minimum absolute atomic E-state index is 0. The summed E-state index contributed by atoms with van der Waals surface area (Å²) < 4.78 is 4.94. The Bertz CT molecular complexity index is 21.3. The van der Waals surface area contributed by atoms with Crippen molar-refractivity contribution >= 4 is 0 Å². The molecule has 0 aliphatic carbocycles. The van der Waals surface area contributed by atoms with Crippen LogP contribution in [0.2, 0.25) is 0 Å². The van der Waals surface area contributed by atoms with Gasteiger partial charge in [0.15, 0.2) is 0 Å². The third-order valence-electron chi connectivity index (χ3n) is 0.827. The molecule has 1 aliphatic heterocycles. The van der Waals surface area contributed by atoms with E-state index in [9.17, 15) is 0 Å². The van der Waals surface area contributed by atoms with Crippen LogP contribution in [-0.2, 0) is 4.74 Å². The van der Waals surface area contributed by atoms with Gasteiger partial charge >= 0.3 is 18.9 Å². The van der Waals surface area contributed by atoms with Crippen LogP contribution in [0.1, 0.15) is 12.8 Å². The molecule has 0 bridgehead atoms. The molecule has 0 saturated carbocycles. The van der Waals surface area contributed by atoms with Crippen molar-refractivity contribution in [2.24, 2.45) is 0 Å². The molecule has 1 saturated heterocycles. The summed E-state index contributed by atoms with van der Waals surface area (Å²) in [6.07, 6.45) is 2.56. The molecule has 1 heterocycles. The maximum atomic E-state index is 4.94. The fraction of sp³-hybridized carbons (Fsp3) is 1.00. The predicted octanol–water partition coefficient (Wildman–Crippen LogP) is -2.38. The van der Waals surface area contributed by atoms with Crippen LogP contribution in [-0.4, -0.2) is 18.7 Å². The number of ether oxygens (including phenoxy) is 1. The molecule has 0 unspecified atom stereocenters. The second kappa shape index (κ2) is 6.52. The van der Waals surface area contributed by atoms with Crippen LogP contribution in [0.5, 0.6) is 0 Å². The normalized spacial score (nSPS) is 17.1. The SMILES string of the molecule is C1CCOC1.[Li+].[OH-]. The van der Waals surface area contributed by atoms with Crippen molar-refractivity contribution < 1.29 is 29.1 Å². The molecule has 1 rings (SSSR count). The molecule has 3 heteroatoms. The van der Waals surface area contributed by atoms with Gasteiger partial charge in [-0.15, -0.1) is 0 Å². The van der Waals surface area contributed by atoms with Gasteiger partial charge in [-0.25, -0.2) is 0 Å². The van der Waals surface area contributed by atoms with Crippen LogP contribution < -0.4 is 18.9 Å². The van der Waals surface area contributed by atoms with Crippen molar-refractivity contribution in [3.63, 3.8) is 0 Å². The second-order valence-electron chi connectivity index (χ2n) is 1.32.